The first-order valence-electron chi connectivity index (χ1n) is 7.73. The molecule has 0 aromatic heterocycles. The van der Waals surface area contributed by atoms with Crippen molar-refractivity contribution in [1.82, 2.24) is 4.90 Å². The summed E-state index contributed by atoms with van der Waals surface area (Å²) in [6.45, 7) is 9.22. The fraction of sp³-hybridized carbons (Fsp3) is 0.647. The fourth-order valence-electron chi connectivity index (χ4n) is 3.51. The third-order valence-electron chi connectivity index (χ3n) is 4.40. The van der Waals surface area contributed by atoms with Crippen LogP contribution in [0.15, 0.2) is 18.2 Å². The Kier molecular flexibility index (Phi) is 4.87. The summed E-state index contributed by atoms with van der Waals surface area (Å²) in [5.74, 6) is 0.928. The first-order chi connectivity index (χ1) is 9.17. The topological polar surface area (TPSA) is 23.5 Å². The van der Waals surface area contributed by atoms with Gasteiger partial charge in [-0.2, -0.15) is 0 Å². The number of fused-ring (bicyclic) bond motifs is 1. The zero-order valence-corrected chi connectivity index (χ0v) is 12.5. The van der Waals surface area contributed by atoms with E-state index in [1.807, 2.05) is 12.1 Å². The average molecular weight is 261 g/mol. The molecule has 1 aromatic rings. The minimum Gasteiger partial charge on any atom is -0.508 e. The predicted molar refractivity (Wildman–Crippen MR) is 80.8 cm³/mol. The summed E-state index contributed by atoms with van der Waals surface area (Å²) in [6, 6.07) is 6.53. The summed E-state index contributed by atoms with van der Waals surface area (Å²) >= 11 is 0. The van der Waals surface area contributed by atoms with Crippen LogP contribution in [-0.2, 0) is 6.42 Å². The largest absolute Gasteiger partial charge is 0.508 e. The second-order valence-electron chi connectivity index (χ2n) is 5.81. The highest BCUT2D eigenvalue weighted by Gasteiger charge is 2.30. The van der Waals surface area contributed by atoms with Gasteiger partial charge in [-0.25, -0.2) is 0 Å². The van der Waals surface area contributed by atoms with E-state index in [0.717, 1.165) is 6.42 Å². The molecule has 0 fully saturated rings. The molecule has 0 heterocycles. The van der Waals surface area contributed by atoms with E-state index in [1.165, 1.54) is 43.5 Å². The molecule has 2 nitrogen and oxygen atoms in total. The van der Waals surface area contributed by atoms with Gasteiger partial charge in [0, 0.05) is 6.04 Å². The Balaban J connectivity index is 2.21. The predicted octanol–water partition coefficient (Wildman–Crippen LogP) is 3.93. The Hall–Kier alpha value is -1.02. The molecule has 0 bridgehead atoms. The summed E-state index contributed by atoms with van der Waals surface area (Å²) in [5.41, 5.74) is 2.78. The van der Waals surface area contributed by atoms with Crippen molar-refractivity contribution in [2.75, 3.05) is 13.1 Å². The van der Waals surface area contributed by atoms with E-state index in [1.54, 1.807) is 0 Å². The zero-order chi connectivity index (χ0) is 13.8. The quantitative estimate of drug-likeness (QED) is 0.868. The number of aryl methyl sites for hydroxylation is 1. The molecule has 0 spiro atoms. The lowest BCUT2D eigenvalue weighted by molar-refractivity contribution is 0.159. The first-order valence-corrected chi connectivity index (χ1v) is 7.73. The van der Waals surface area contributed by atoms with Gasteiger partial charge in [-0.1, -0.05) is 26.8 Å². The van der Waals surface area contributed by atoms with E-state index in [4.69, 9.17) is 0 Å². The van der Waals surface area contributed by atoms with Crippen LogP contribution in [-0.4, -0.2) is 29.1 Å². The van der Waals surface area contributed by atoms with E-state index in [0.29, 0.717) is 17.7 Å². The Morgan fingerprint density at radius 1 is 1.21 bits per heavy atom. The third kappa shape index (κ3) is 3.11. The lowest BCUT2D eigenvalue weighted by Gasteiger charge is -2.39. The van der Waals surface area contributed by atoms with Crippen LogP contribution in [0.2, 0.25) is 0 Å². The van der Waals surface area contributed by atoms with Crippen LogP contribution in [0, 0.1) is 0 Å². The van der Waals surface area contributed by atoms with Crippen LogP contribution in [0.25, 0.3) is 0 Å². The van der Waals surface area contributed by atoms with Crippen molar-refractivity contribution in [3.8, 4) is 5.75 Å². The second kappa shape index (κ2) is 6.42. The SMILES string of the molecule is CCCN(CCC)[C@@H]1CCc2ccc(O)cc2[C@@H]1C. The summed E-state index contributed by atoms with van der Waals surface area (Å²) < 4.78 is 0. The van der Waals surface area contributed by atoms with Crippen molar-refractivity contribution in [2.45, 2.75) is 58.4 Å². The van der Waals surface area contributed by atoms with Crippen LogP contribution < -0.4 is 0 Å². The molecule has 0 aliphatic heterocycles. The minimum absolute atomic E-state index is 0.406. The Morgan fingerprint density at radius 2 is 1.89 bits per heavy atom. The molecule has 0 radical (unpaired) electrons. The standard InChI is InChI=1S/C17H27NO/c1-4-10-18(11-5-2)17-9-7-14-6-8-15(19)12-16(14)13(17)3/h6,8,12-13,17,19H,4-5,7,9-11H2,1-3H3/t13-,17+/m0/s1. The lowest BCUT2D eigenvalue weighted by Crippen LogP contribution is -2.42. The number of hydrogen-bond donors (Lipinski definition) is 1. The zero-order valence-electron chi connectivity index (χ0n) is 12.5. The van der Waals surface area contributed by atoms with E-state index >= 15 is 0 Å². The Bertz CT molecular complexity index is 410. The Morgan fingerprint density at radius 3 is 2.53 bits per heavy atom. The van der Waals surface area contributed by atoms with E-state index in [2.05, 4.69) is 31.7 Å². The molecule has 0 saturated carbocycles. The fourth-order valence-corrected chi connectivity index (χ4v) is 3.51. The number of aromatic hydroxyl groups is 1. The van der Waals surface area contributed by atoms with Crippen molar-refractivity contribution in [2.24, 2.45) is 0 Å². The number of phenolic OH excluding ortho intramolecular Hbond substituents is 1. The molecule has 1 N–H and O–H groups in total. The first kappa shape index (κ1) is 14.4. The minimum atomic E-state index is 0.406. The molecule has 0 saturated heterocycles. The summed E-state index contributed by atoms with van der Waals surface area (Å²) in [4.78, 5) is 2.65. The van der Waals surface area contributed by atoms with E-state index < -0.39 is 0 Å². The smallest absolute Gasteiger partial charge is 0.115 e. The monoisotopic (exact) mass is 261 g/mol. The molecule has 1 aromatic carbocycles. The van der Waals surface area contributed by atoms with Crippen molar-refractivity contribution < 1.29 is 5.11 Å². The van der Waals surface area contributed by atoms with Gasteiger partial charge < -0.3 is 5.11 Å². The normalized spacial score (nSPS) is 22.5. The van der Waals surface area contributed by atoms with Crippen molar-refractivity contribution in [3.63, 3.8) is 0 Å². The highest BCUT2D eigenvalue weighted by molar-refractivity contribution is 5.39. The van der Waals surface area contributed by atoms with Crippen molar-refractivity contribution in [3.05, 3.63) is 29.3 Å². The average Bonchev–Trinajstić information content (AvgIpc) is 2.40. The van der Waals surface area contributed by atoms with Gasteiger partial charge in [0.05, 0.1) is 0 Å². The molecular formula is C17H27NO. The van der Waals surface area contributed by atoms with Crippen LogP contribution in [0.1, 0.15) is 57.1 Å². The van der Waals surface area contributed by atoms with E-state index in [-0.39, 0.29) is 0 Å². The number of phenols is 1. The highest BCUT2D eigenvalue weighted by atomic mass is 16.3. The van der Waals surface area contributed by atoms with Gasteiger partial charge in [0.25, 0.3) is 0 Å². The van der Waals surface area contributed by atoms with Crippen molar-refractivity contribution >= 4 is 0 Å². The number of hydrogen-bond acceptors (Lipinski definition) is 2. The maximum atomic E-state index is 9.72. The maximum absolute atomic E-state index is 9.72. The summed E-state index contributed by atoms with van der Waals surface area (Å²) in [5, 5.41) is 9.72. The molecule has 19 heavy (non-hydrogen) atoms. The third-order valence-corrected chi connectivity index (χ3v) is 4.40. The maximum Gasteiger partial charge on any atom is 0.115 e. The molecule has 0 unspecified atom stereocenters. The van der Waals surface area contributed by atoms with Crippen LogP contribution in [0.3, 0.4) is 0 Å². The van der Waals surface area contributed by atoms with E-state index in [9.17, 15) is 5.11 Å². The van der Waals surface area contributed by atoms with Gasteiger partial charge in [0.1, 0.15) is 5.75 Å². The highest BCUT2D eigenvalue weighted by Crippen LogP contribution is 2.36. The van der Waals surface area contributed by atoms with Gasteiger partial charge in [0.15, 0.2) is 0 Å². The van der Waals surface area contributed by atoms with Gasteiger partial charge in [-0.05, 0) is 68.0 Å². The summed E-state index contributed by atoms with van der Waals surface area (Å²) in [6.07, 6.45) is 4.83. The molecule has 1 aliphatic carbocycles. The lowest BCUT2D eigenvalue weighted by atomic mass is 9.79. The van der Waals surface area contributed by atoms with Crippen LogP contribution >= 0.6 is 0 Å². The molecule has 0 amide bonds. The molecule has 2 heteroatoms. The van der Waals surface area contributed by atoms with Crippen LogP contribution in [0.5, 0.6) is 5.75 Å². The van der Waals surface area contributed by atoms with Gasteiger partial charge in [0.2, 0.25) is 0 Å². The second-order valence-corrected chi connectivity index (χ2v) is 5.81. The van der Waals surface area contributed by atoms with Gasteiger partial charge in [-0.15, -0.1) is 0 Å². The molecule has 2 atom stereocenters. The number of benzene rings is 1. The van der Waals surface area contributed by atoms with Gasteiger partial charge in [-0.3, -0.25) is 4.90 Å². The molecule has 106 valence electrons. The summed E-state index contributed by atoms with van der Waals surface area (Å²) in [7, 11) is 0. The molecule has 1 aliphatic rings. The molecular weight excluding hydrogens is 234 g/mol. The number of rotatable bonds is 5. The number of nitrogens with zero attached hydrogens (tertiary/aromatic N) is 1. The van der Waals surface area contributed by atoms with Crippen molar-refractivity contribution in [1.29, 1.82) is 0 Å². The Labute approximate surface area is 117 Å². The van der Waals surface area contributed by atoms with Crippen LogP contribution in [0.4, 0.5) is 0 Å². The molecule has 2 rings (SSSR count). The van der Waals surface area contributed by atoms with Gasteiger partial charge >= 0.3 is 0 Å².